The van der Waals surface area contributed by atoms with E-state index in [1.54, 1.807) is 6.08 Å². The lowest BCUT2D eigenvalue weighted by Crippen LogP contribution is -2.37. The number of aliphatic hydroxyl groups is 1. The molecule has 0 saturated heterocycles. The molecule has 1 aromatic rings. The molecular formula is C16H24O2. The predicted octanol–water partition coefficient (Wildman–Crippen LogP) is 3.41. The van der Waals surface area contributed by atoms with Gasteiger partial charge >= 0.3 is 0 Å². The average molecular weight is 248 g/mol. The van der Waals surface area contributed by atoms with Gasteiger partial charge in [-0.2, -0.15) is 0 Å². The molecule has 2 heteroatoms. The SMILES string of the molecule is C=C[C@@H](CO)[C@H](OCc1ccccc1)C(C)(C)C. The van der Waals surface area contributed by atoms with E-state index >= 15 is 0 Å². The fourth-order valence-corrected chi connectivity index (χ4v) is 2.07. The van der Waals surface area contributed by atoms with Gasteiger partial charge < -0.3 is 9.84 Å². The molecule has 0 radical (unpaired) electrons. The topological polar surface area (TPSA) is 29.5 Å². The monoisotopic (exact) mass is 248 g/mol. The van der Waals surface area contributed by atoms with Crippen molar-refractivity contribution in [1.82, 2.24) is 0 Å². The zero-order chi connectivity index (χ0) is 13.6. The van der Waals surface area contributed by atoms with Crippen LogP contribution in [0.5, 0.6) is 0 Å². The highest BCUT2D eigenvalue weighted by molar-refractivity contribution is 5.13. The molecule has 1 aromatic carbocycles. The second-order valence-electron chi connectivity index (χ2n) is 5.67. The second-order valence-corrected chi connectivity index (χ2v) is 5.67. The Bertz CT molecular complexity index is 351. The summed E-state index contributed by atoms with van der Waals surface area (Å²) in [5, 5.41) is 9.41. The zero-order valence-electron chi connectivity index (χ0n) is 11.6. The molecule has 0 aliphatic carbocycles. The quantitative estimate of drug-likeness (QED) is 0.782. The lowest BCUT2D eigenvalue weighted by Gasteiger charge is -2.35. The largest absolute Gasteiger partial charge is 0.396 e. The van der Waals surface area contributed by atoms with E-state index in [4.69, 9.17) is 4.74 Å². The van der Waals surface area contributed by atoms with Crippen LogP contribution in [0.1, 0.15) is 26.3 Å². The van der Waals surface area contributed by atoms with Gasteiger partial charge in [0.2, 0.25) is 0 Å². The maximum absolute atomic E-state index is 9.41. The summed E-state index contributed by atoms with van der Waals surface area (Å²) in [5.74, 6) is -0.0336. The van der Waals surface area contributed by atoms with E-state index < -0.39 is 0 Å². The van der Waals surface area contributed by atoms with Gasteiger partial charge in [0.25, 0.3) is 0 Å². The molecule has 0 bridgehead atoms. The van der Waals surface area contributed by atoms with E-state index in [1.807, 2.05) is 30.3 Å². The Kier molecular flexibility index (Phi) is 5.57. The van der Waals surface area contributed by atoms with Crippen molar-refractivity contribution in [3.8, 4) is 0 Å². The molecule has 2 atom stereocenters. The number of rotatable bonds is 6. The molecule has 0 saturated carbocycles. The third-order valence-corrected chi connectivity index (χ3v) is 3.03. The Morgan fingerprint density at radius 3 is 2.33 bits per heavy atom. The first-order valence-electron chi connectivity index (χ1n) is 6.38. The Morgan fingerprint density at radius 2 is 1.89 bits per heavy atom. The van der Waals surface area contributed by atoms with Crippen LogP contribution in [-0.4, -0.2) is 17.8 Å². The van der Waals surface area contributed by atoms with E-state index in [1.165, 1.54) is 0 Å². The minimum atomic E-state index is -0.0415. The Labute approximate surface area is 110 Å². The maximum atomic E-state index is 9.41. The minimum absolute atomic E-state index is 0.0314. The molecule has 0 aliphatic heterocycles. The summed E-state index contributed by atoms with van der Waals surface area (Å²) in [5.41, 5.74) is 1.11. The van der Waals surface area contributed by atoms with E-state index in [2.05, 4.69) is 27.4 Å². The molecule has 1 N–H and O–H groups in total. The van der Waals surface area contributed by atoms with Crippen LogP contribution >= 0.6 is 0 Å². The summed E-state index contributed by atoms with van der Waals surface area (Å²) < 4.78 is 6.01. The number of ether oxygens (including phenoxy) is 1. The lowest BCUT2D eigenvalue weighted by atomic mass is 9.81. The van der Waals surface area contributed by atoms with Crippen LogP contribution in [0.15, 0.2) is 43.0 Å². The Morgan fingerprint density at radius 1 is 1.28 bits per heavy atom. The third-order valence-electron chi connectivity index (χ3n) is 3.03. The standard InChI is InChI=1S/C16H24O2/c1-5-14(11-17)15(16(2,3)4)18-12-13-9-7-6-8-10-13/h5-10,14-15,17H,1,11-12H2,2-4H3/t14-,15-/m0/s1. The lowest BCUT2D eigenvalue weighted by molar-refractivity contribution is -0.0635. The Balaban J connectivity index is 2.71. The highest BCUT2D eigenvalue weighted by Gasteiger charge is 2.31. The molecule has 0 heterocycles. The average Bonchev–Trinajstić information content (AvgIpc) is 2.34. The summed E-state index contributed by atoms with van der Waals surface area (Å²) >= 11 is 0. The van der Waals surface area contributed by atoms with Crippen LogP contribution in [0, 0.1) is 11.3 Å². The van der Waals surface area contributed by atoms with Gasteiger partial charge in [-0.3, -0.25) is 0 Å². The molecular weight excluding hydrogens is 224 g/mol. The molecule has 0 spiro atoms. The van der Waals surface area contributed by atoms with Crippen LogP contribution < -0.4 is 0 Å². The van der Waals surface area contributed by atoms with E-state index in [-0.39, 0.29) is 24.0 Å². The summed E-state index contributed by atoms with van der Waals surface area (Å²) in [6.45, 7) is 10.8. The van der Waals surface area contributed by atoms with Gasteiger partial charge in [-0.1, -0.05) is 57.2 Å². The van der Waals surface area contributed by atoms with Gasteiger partial charge in [0.15, 0.2) is 0 Å². The van der Waals surface area contributed by atoms with E-state index in [0.29, 0.717) is 6.61 Å². The number of aliphatic hydroxyl groups excluding tert-OH is 1. The Hall–Kier alpha value is -1.12. The van der Waals surface area contributed by atoms with Crippen molar-refractivity contribution in [2.45, 2.75) is 33.5 Å². The first-order chi connectivity index (χ1) is 8.49. The van der Waals surface area contributed by atoms with Crippen molar-refractivity contribution >= 4 is 0 Å². The molecule has 18 heavy (non-hydrogen) atoms. The van der Waals surface area contributed by atoms with Gasteiger partial charge in [0.1, 0.15) is 0 Å². The van der Waals surface area contributed by atoms with Gasteiger partial charge in [-0.15, -0.1) is 6.58 Å². The van der Waals surface area contributed by atoms with Crippen molar-refractivity contribution < 1.29 is 9.84 Å². The molecule has 0 amide bonds. The van der Waals surface area contributed by atoms with Crippen molar-refractivity contribution in [2.75, 3.05) is 6.61 Å². The van der Waals surface area contributed by atoms with Gasteiger partial charge in [0.05, 0.1) is 19.3 Å². The first-order valence-corrected chi connectivity index (χ1v) is 6.38. The smallest absolute Gasteiger partial charge is 0.0721 e. The molecule has 2 nitrogen and oxygen atoms in total. The van der Waals surface area contributed by atoms with E-state index in [9.17, 15) is 5.11 Å². The van der Waals surface area contributed by atoms with Crippen molar-refractivity contribution in [3.05, 3.63) is 48.6 Å². The van der Waals surface area contributed by atoms with Crippen molar-refractivity contribution in [2.24, 2.45) is 11.3 Å². The third kappa shape index (κ3) is 4.28. The van der Waals surface area contributed by atoms with Gasteiger partial charge in [-0.05, 0) is 11.0 Å². The molecule has 0 aromatic heterocycles. The van der Waals surface area contributed by atoms with Crippen molar-refractivity contribution in [1.29, 1.82) is 0 Å². The van der Waals surface area contributed by atoms with Gasteiger partial charge in [-0.25, -0.2) is 0 Å². The molecule has 100 valence electrons. The highest BCUT2D eigenvalue weighted by atomic mass is 16.5. The molecule has 1 rings (SSSR count). The molecule has 0 aliphatic rings. The van der Waals surface area contributed by atoms with Crippen LogP contribution in [-0.2, 0) is 11.3 Å². The highest BCUT2D eigenvalue weighted by Crippen LogP contribution is 2.29. The molecule has 0 unspecified atom stereocenters. The summed E-state index contributed by atoms with van der Waals surface area (Å²) in [6, 6.07) is 10.1. The zero-order valence-corrected chi connectivity index (χ0v) is 11.6. The van der Waals surface area contributed by atoms with Crippen molar-refractivity contribution in [3.63, 3.8) is 0 Å². The maximum Gasteiger partial charge on any atom is 0.0721 e. The van der Waals surface area contributed by atoms with Crippen LogP contribution in [0.2, 0.25) is 0 Å². The predicted molar refractivity (Wildman–Crippen MR) is 75.2 cm³/mol. The minimum Gasteiger partial charge on any atom is -0.396 e. The first kappa shape index (κ1) is 14.9. The normalized spacial score (nSPS) is 15.1. The summed E-state index contributed by atoms with van der Waals surface area (Å²) in [6.07, 6.45) is 1.74. The number of hydrogen-bond acceptors (Lipinski definition) is 2. The fourth-order valence-electron chi connectivity index (χ4n) is 2.07. The second kappa shape index (κ2) is 6.72. The van der Waals surface area contributed by atoms with Crippen LogP contribution in [0.4, 0.5) is 0 Å². The van der Waals surface area contributed by atoms with E-state index in [0.717, 1.165) is 5.56 Å². The van der Waals surface area contributed by atoms with Gasteiger partial charge in [0, 0.05) is 5.92 Å². The summed E-state index contributed by atoms with van der Waals surface area (Å²) in [7, 11) is 0. The fraction of sp³-hybridized carbons (Fsp3) is 0.500. The van der Waals surface area contributed by atoms with Crippen LogP contribution in [0.25, 0.3) is 0 Å². The number of benzene rings is 1. The number of hydrogen-bond donors (Lipinski definition) is 1. The molecule has 0 fully saturated rings. The van der Waals surface area contributed by atoms with Crippen LogP contribution in [0.3, 0.4) is 0 Å². The summed E-state index contributed by atoms with van der Waals surface area (Å²) in [4.78, 5) is 0.